The quantitative estimate of drug-likeness (QED) is 0.918. The van der Waals surface area contributed by atoms with E-state index in [-0.39, 0.29) is 11.8 Å². The summed E-state index contributed by atoms with van der Waals surface area (Å²) in [5.74, 6) is -1.24. The van der Waals surface area contributed by atoms with Gasteiger partial charge in [-0.3, -0.25) is 4.79 Å². The molecule has 1 aromatic carbocycles. The largest absolute Gasteiger partial charge is 0.393 e. The van der Waals surface area contributed by atoms with E-state index in [0.29, 0.717) is 31.5 Å². The van der Waals surface area contributed by atoms with Crippen molar-refractivity contribution in [3.63, 3.8) is 0 Å². The third-order valence-corrected chi connectivity index (χ3v) is 5.74. The van der Waals surface area contributed by atoms with Gasteiger partial charge in [-0.1, -0.05) is 18.9 Å². The van der Waals surface area contributed by atoms with E-state index < -0.39 is 23.2 Å². The van der Waals surface area contributed by atoms with Crippen molar-refractivity contribution in [1.29, 1.82) is 0 Å². The van der Waals surface area contributed by atoms with Gasteiger partial charge in [0.05, 0.1) is 11.5 Å². The van der Waals surface area contributed by atoms with Crippen LogP contribution in [0.1, 0.15) is 51.0 Å². The molecule has 2 fully saturated rings. The normalized spacial score (nSPS) is 24.8. The van der Waals surface area contributed by atoms with Crippen LogP contribution in [0.25, 0.3) is 0 Å². The van der Waals surface area contributed by atoms with Gasteiger partial charge in [-0.2, -0.15) is 0 Å². The second-order valence-electron chi connectivity index (χ2n) is 7.31. The Balaban J connectivity index is 1.91. The molecule has 24 heavy (non-hydrogen) atoms. The maximum absolute atomic E-state index is 14.4. The summed E-state index contributed by atoms with van der Waals surface area (Å²) in [7, 11) is 0. The lowest BCUT2D eigenvalue weighted by atomic mass is 9.76. The molecule has 0 spiro atoms. The van der Waals surface area contributed by atoms with Gasteiger partial charge < -0.3 is 10.0 Å². The van der Waals surface area contributed by atoms with Crippen molar-refractivity contribution in [3.05, 3.63) is 35.4 Å². The van der Waals surface area contributed by atoms with Gasteiger partial charge in [0.1, 0.15) is 11.6 Å². The Labute approximate surface area is 141 Å². The van der Waals surface area contributed by atoms with E-state index in [4.69, 9.17) is 0 Å². The molecule has 5 heteroatoms. The Kier molecular flexibility index (Phi) is 4.90. The van der Waals surface area contributed by atoms with Crippen LogP contribution in [-0.2, 0) is 10.2 Å². The minimum Gasteiger partial charge on any atom is -0.393 e. The van der Waals surface area contributed by atoms with Crippen molar-refractivity contribution in [2.75, 3.05) is 13.1 Å². The molecule has 1 N–H and O–H groups in total. The molecular formula is C19H25F2NO2. The summed E-state index contributed by atoms with van der Waals surface area (Å²) in [5, 5.41) is 9.86. The highest BCUT2D eigenvalue weighted by Gasteiger charge is 2.47. The number of nitrogens with zero attached hydrogens (tertiary/aromatic N) is 1. The van der Waals surface area contributed by atoms with Crippen LogP contribution in [0, 0.1) is 17.6 Å². The molecular weight excluding hydrogens is 312 g/mol. The second-order valence-corrected chi connectivity index (χ2v) is 7.31. The maximum atomic E-state index is 14.4. The van der Waals surface area contributed by atoms with Gasteiger partial charge in [-0.15, -0.1) is 0 Å². The summed E-state index contributed by atoms with van der Waals surface area (Å²) in [6, 6.07) is 3.54. The lowest BCUT2D eigenvalue weighted by molar-refractivity contribution is -0.140. The van der Waals surface area contributed by atoms with E-state index in [2.05, 4.69) is 0 Å². The summed E-state index contributed by atoms with van der Waals surface area (Å²) in [4.78, 5) is 15.1. The van der Waals surface area contributed by atoms with Crippen molar-refractivity contribution >= 4 is 5.91 Å². The van der Waals surface area contributed by atoms with Gasteiger partial charge in [0.2, 0.25) is 5.91 Å². The molecule has 1 aliphatic heterocycles. The number of hydrogen-bond donors (Lipinski definition) is 1. The van der Waals surface area contributed by atoms with Crippen molar-refractivity contribution in [2.45, 2.75) is 57.0 Å². The van der Waals surface area contributed by atoms with Gasteiger partial charge >= 0.3 is 0 Å². The Morgan fingerprint density at radius 1 is 1.29 bits per heavy atom. The number of carbonyl (C=O) groups is 1. The van der Waals surface area contributed by atoms with Crippen LogP contribution in [0.15, 0.2) is 18.2 Å². The first-order valence-electron chi connectivity index (χ1n) is 8.87. The molecule has 1 heterocycles. The molecule has 1 saturated carbocycles. The van der Waals surface area contributed by atoms with E-state index in [1.807, 2.05) is 0 Å². The first-order chi connectivity index (χ1) is 11.4. The number of likely N-dealkylation sites (tertiary alicyclic amines) is 1. The number of aliphatic hydroxyl groups is 1. The number of rotatable bonds is 3. The highest BCUT2D eigenvalue weighted by atomic mass is 19.1. The van der Waals surface area contributed by atoms with Crippen LogP contribution in [-0.4, -0.2) is 35.1 Å². The average molecular weight is 337 g/mol. The Hall–Kier alpha value is -1.49. The fraction of sp³-hybridized carbons (Fsp3) is 0.632. The number of piperidine rings is 1. The summed E-state index contributed by atoms with van der Waals surface area (Å²) < 4.78 is 27.7. The lowest BCUT2D eigenvalue weighted by Gasteiger charge is -2.40. The highest BCUT2D eigenvalue weighted by Crippen LogP contribution is 2.44. The number of hydrogen-bond acceptors (Lipinski definition) is 2. The molecule has 3 rings (SSSR count). The van der Waals surface area contributed by atoms with Crippen LogP contribution in [0.5, 0.6) is 0 Å². The Morgan fingerprint density at radius 2 is 2.00 bits per heavy atom. The standard InChI is InChI=1S/C19H25F2NO2/c1-13(23)14-5-4-10-22(12-14)18(24)19(8-2-3-9-19)16-7-6-15(20)11-17(16)21/h6-7,11,13-14,23H,2-5,8-10,12H2,1H3. The lowest BCUT2D eigenvalue weighted by Crippen LogP contribution is -2.51. The summed E-state index contributed by atoms with van der Waals surface area (Å²) in [5.41, 5.74) is -0.552. The number of carbonyl (C=O) groups excluding carboxylic acids is 1. The third kappa shape index (κ3) is 3.06. The molecule has 3 nitrogen and oxygen atoms in total. The zero-order valence-electron chi connectivity index (χ0n) is 14.1. The molecule has 1 saturated heterocycles. The molecule has 1 amide bonds. The van der Waals surface area contributed by atoms with E-state index >= 15 is 0 Å². The van der Waals surface area contributed by atoms with Crippen LogP contribution < -0.4 is 0 Å². The number of amides is 1. The van der Waals surface area contributed by atoms with Gasteiger partial charge in [0, 0.05) is 30.6 Å². The fourth-order valence-electron chi connectivity index (χ4n) is 4.35. The van der Waals surface area contributed by atoms with Crippen LogP contribution >= 0.6 is 0 Å². The van der Waals surface area contributed by atoms with E-state index in [1.54, 1.807) is 11.8 Å². The smallest absolute Gasteiger partial charge is 0.233 e. The first-order valence-corrected chi connectivity index (χ1v) is 8.87. The fourth-order valence-corrected chi connectivity index (χ4v) is 4.35. The van der Waals surface area contributed by atoms with Crippen LogP contribution in [0.3, 0.4) is 0 Å². The summed E-state index contributed by atoms with van der Waals surface area (Å²) in [6.45, 7) is 2.91. The van der Waals surface area contributed by atoms with Crippen LogP contribution in [0.4, 0.5) is 8.78 Å². The third-order valence-electron chi connectivity index (χ3n) is 5.74. The van der Waals surface area contributed by atoms with E-state index in [1.165, 1.54) is 12.1 Å². The molecule has 1 aromatic rings. The molecule has 2 atom stereocenters. The SMILES string of the molecule is CC(O)C1CCCN(C(=O)C2(c3ccc(F)cc3F)CCCC2)C1. The Bertz CT molecular complexity index is 611. The number of aliphatic hydroxyl groups excluding tert-OH is 1. The molecule has 132 valence electrons. The molecule has 0 radical (unpaired) electrons. The monoisotopic (exact) mass is 337 g/mol. The number of benzene rings is 1. The number of halogens is 2. The first kappa shape index (κ1) is 17.3. The van der Waals surface area contributed by atoms with Gasteiger partial charge in [0.15, 0.2) is 0 Å². The minimum atomic E-state index is -0.877. The van der Waals surface area contributed by atoms with Crippen molar-refractivity contribution in [2.24, 2.45) is 5.92 Å². The molecule has 1 aliphatic carbocycles. The second kappa shape index (κ2) is 6.79. The van der Waals surface area contributed by atoms with Gasteiger partial charge in [-0.05, 0) is 38.7 Å². The summed E-state index contributed by atoms with van der Waals surface area (Å²) in [6.07, 6.45) is 4.24. The van der Waals surface area contributed by atoms with Crippen molar-refractivity contribution in [3.8, 4) is 0 Å². The van der Waals surface area contributed by atoms with Crippen molar-refractivity contribution < 1.29 is 18.7 Å². The topological polar surface area (TPSA) is 40.5 Å². The van der Waals surface area contributed by atoms with Crippen molar-refractivity contribution in [1.82, 2.24) is 4.90 Å². The molecule has 0 aromatic heterocycles. The average Bonchev–Trinajstić information content (AvgIpc) is 3.05. The predicted molar refractivity (Wildman–Crippen MR) is 87.5 cm³/mol. The Morgan fingerprint density at radius 3 is 2.62 bits per heavy atom. The summed E-state index contributed by atoms with van der Waals surface area (Å²) >= 11 is 0. The predicted octanol–water partition coefficient (Wildman–Crippen LogP) is 3.40. The van der Waals surface area contributed by atoms with E-state index in [0.717, 1.165) is 31.7 Å². The minimum absolute atomic E-state index is 0.0594. The van der Waals surface area contributed by atoms with Crippen LogP contribution in [0.2, 0.25) is 0 Å². The molecule has 2 aliphatic rings. The highest BCUT2D eigenvalue weighted by molar-refractivity contribution is 5.89. The maximum Gasteiger partial charge on any atom is 0.233 e. The molecule has 0 bridgehead atoms. The van der Waals surface area contributed by atoms with E-state index in [9.17, 15) is 18.7 Å². The van der Waals surface area contributed by atoms with Gasteiger partial charge in [-0.25, -0.2) is 8.78 Å². The zero-order chi connectivity index (χ0) is 17.3. The zero-order valence-corrected chi connectivity index (χ0v) is 14.1. The molecule has 2 unspecified atom stereocenters. The van der Waals surface area contributed by atoms with Gasteiger partial charge in [0.25, 0.3) is 0 Å².